The maximum atomic E-state index is 13.4. The molecule has 2 aromatic carbocycles. The Morgan fingerprint density at radius 2 is 1.76 bits per heavy atom. The molecule has 2 rings (SSSR count). The van der Waals surface area contributed by atoms with Crippen molar-refractivity contribution in [2.75, 3.05) is 27.4 Å². The van der Waals surface area contributed by atoms with Crippen molar-refractivity contribution in [2.24, 2.45) is 0 Å². The third-order valence-electron chi connectivity index (χ3n) is 3.25. The van der Waals surface area contributed by atoms with Gasteiger partial charge < -0.3 is 18.9 Å². The van der Waals surface area contributed by atoms with E-state index < -0.39 is 11.8 Å². The van der Waals surface area contributed by atoms with E-state index in [0.717, 1.165) is 0 Å². The van der Waals surface area contributed by atoms with Crippen LogP contribution in [-0.4, -0.2) is 33.4 Å². The van der Waals surface area contributed by atoms with Crippen molar-refractivity contribution >= 4 is 12.0 Å². The van der Waals surface area contributed by atoms with Crippen molar-refractivity contribution in [3.63, 3.8) is 0 Å². The number of carbonyl (C=O) groups excluding carboxylic acids is 1. The standard InChI is InChI=1S/C19H19FO5/c1-22-17-9-5-6-14(19(17)23-2)10-11-18(21)25-13-12-24-16-8-4-3-7-15(16)20/h3-11H,12-13H2,1-2H3/b11-10+. The lowest BCUT2D eigenvalue weighted by Gasteiger charge is -2.09. The molecule has 25 heavy (non-hydrogen) atoms. The highest BCUT2D eigenvalue weighted by atomic mass is 19.1. The van der Waals surface area contributed by atoms with Crippen LogP contribution < -0.4 is 14.2 Å². The number of para-hydroxylation sites is 2. The molecule has 6 heteroatoms. The smallest absolute Gasteiger partial charge is 0.330 e. The number of ether oxygens (including phenoxy) is 4. The minimum atomic E-state index is -0.540. The molecule has 0 fully saturated rings. The van der Waals surface area contributed by atoms with Crippen LogP contribution in [0, 0.1) is 5.82 Å². The predicted octanol–water partition coefficient (Wildman–Crippen LogP) is 3.48. The van der Waals surface area contributed by atoms with Crippen LogP contribution in [0.4, 0.5) is 4.39 Å². The van der Waals surface area contributed by atoms with Crippen LogP contribution in [0.25, 0.3) is 6.08 Å². The highest BCUT2D eigenvalue weighted by molar-refractivity contribution is 5.87. The Labute approximate surface area is 145 Å². The van der Waals surface area contributed by atoms with E-state index in [1.165, 1.54) is 32.4 Å². The molecule has 0 aromatic heterocycles. The zero-order valence-corrected chi connectivity index (χ0v) is 14.0. The lowest BCUT2D eigenvalue weighted by Crippen LogP contribution is -2.10. The first kappa shape index (κ1) is 18.3. The van der Waals surface area contributed by atoms with E-state index in [-0.39, 0.29) is 19.0 Å². The van der Waals surface area contributed by atoms with Gasteiger partial charge in [-0.15, -0.1) is 0 Å². The van der Waals surface area contributed by atoms with Crippen molar-refractivity contribution in [2.45, 2.75) is 0 Å². The molecule has 0 atom stereocenters. The van der Waals surface area contributed by atoms with Gasteiger partial charge in [0.2, 0.25) is 0 Å². The first-order valence-corrected chi connectivity index (χ1v) is 7.59. The molecular formula is C19H19FO5. The van der Waals surface area contributed by atoms with Gasteiger partial charge in [-0.2, -0.15) is 0 Å². The summed E-state index contributed by atoms with van der Waals surface area (Å²) in [6.07, 6.45) is 2.85. The fourth-order valence-corrected chi connectivity index (χ4v) is 2.10. The van der Waals surface area contributed by atoms with Crippen LogP contribution in [0.15, 0.2) is 48.5 Å². The minimum absolute atomic E-state index is 0.00670. The summed E-state index contributed by atoms with van der Waals surface area (Å²) in [6.45, 7) is 0.0652. The van der Waals surface area contributed by atoms with E-state index in [0.29, 0.717) is 17.1 Å². The van der Waals surface area contributed by atoms with Gasteiger partial charge in [0.25, 0.3) is 0 Å². The van der Waals surface area contributed by atoms with E-state index in [1.54, 1.807) is 36.4 Å². The summed E-state index contributed by atoms with van der Waals surface area (Å²) in [4.78, 5) is 11.7. The number of esters is 1. The summed E-state index contributed by atoms with van der Waals surface area (Å²) in [5.41, 5.74) is 0.682. The number of methoxy groups -OCH3 is 2. The van der Waals surface area contributed by atoms with Crippen molar-refractivity contribution in [3.05, 3.63) is 59.9 Å². The second kappa shape index (κ2) is 9.32. The molecular weight excluding hydrogens is 327 g/mol. The maximum Gasteiger partial charge on any atom is 0.330 e. The SMILES string of the molecule is COc1cccc(/C=C/C(=O)OCCOc2ccccc2F)c1OC. The highest BCUT2D eigenvalue weighted by Gasteiger charge is 2.07. The number of hydrogen-bond donors (Lipinski definition) is 0. The Balaban J connectivity index is 1.84. The van der Waals surface area contributed by atoms with E-state index >= 15 is 0 Å². The molecule has 0 unspecified atom stereocenters. The molecule has 0 saturated carbocycles. The average molecular weight is 346 g/mol. The first-order valence-electron chi connectivity index (χ1n) is 7.59. The van der Waals surface area contributed by atoms with Crippen molar-refractivity contribution in [1.29, 1.82) is 0 Å². The van der Waals surface area contributed by atoms with E-state index in [2.05, 4.69) is 0 Å². The summed E-state index contributed by atoms with van der Waals surface area (Å²) in [7, 11) is 3.06. The van der Waals surface area contributed by atoms with Gasteiger partial charge in [0.1, 0.15) is 13.2 Å². The van der Waals surface area contributed by atoms with Gasteiger partial charge in [-0.1, -0.05) is 24.3 Å². The summed E-state index contributed by atoms with van der Waals surface area (Å²) in [6, 6.07) is 11.4. The lowest BCUT2D eigenvalue weighted by atomic mass is 10.1. The zero-order chi connectivity index (χ0) is 18.1. The molecule has 0 aliphatic carbocycles. The second-order valence-corrected chi connectivity index (χ2v) is 4.86. The van der Waals surface area contributed by atoms with Crippen LogP contribution in [0.5, 0.6) is 17.2 Å². The topological polar surface area (TPSA) is 54.0 Å². The number of rotatable bonds is 8. The highest BCUT2D eigenvalue weighted by Crippen LogP contribution is 2.31. The van der Waals surface area contributed by atoms with Gasteiger partial charge >= 0.3 is 5.97 Å². The van der Waals surface area contributed by atoms with Crippen LogP contribution in [0.2, 0.25) is 0 Å². The quantitative estimate of drug-likeness (QED) is 0.416. The predicted molar refractivity (Wildman–Crippen MR) is 91.4 cm³/mol. The number of hydrogen-bond acceptors (Lipinski definition) is 5. The van der Waals surface area contributed by atoms with Crippen LogP contribution >= 0.6 is 0 Å². The van der Waals surface area contributed by atoms with E-state index in [4.69, 9.17) is 18.9 Å². The molecule has 0 spiro atoms. The Morgan fingerprint density at radius 3 is 2.48 bits per heavy atom. The summed E-state index contributed by atoms with van der Waals surface area (Å²) in [5, 5.41) is 0. The monoisotopic (exact) mass is 346 g/mol. The Morgan fingerprint density at radius 1 is 1.00 bits per heavy atom. The van der Waals surface area contributed by atoms with Gasteiger partial charge in [0.15, 0.2) is 23.1 Å². The molecule has 0 saturated heterocycles. The van der Waals surface area contributed by atoms with Gasteiger partial charge in [0.05, 0.1) is 14.2 Å². The number of benzene rings is 2. The number of carbonyl (C=O) groups is 1. The maximum absolute atomic E-state index is 13.4. The van der Waals surface area contributed by atoms with Crippen molar-refractivity contribution in [3.8, 4) is 17.2 Å². The Hall–Kier alpha value is -3.02. The van der Waals surface area contributed by atoms with Crippen LogP contribution in [0.3, 0.4) is 0 Å². The van der Waals surface area contributed by atoms with Crippen molar-refractivity contribution in [1.82, 2.24) is 0 Å². The van der Waals surface area contributed by atoms with Gasteiger partial charge in [-0.25, -0.2) is 9.18 Å². The normalized spacial score (nSPS) is 10.5. The van der Waals surface area contributed by atoms with E-state index in [1.807, 2.05) is 0 Å². The fraction of sp³-hybridized carbons (Fsp3) is 0.211. The van der Waals surface area contributed by atoms with Crippen LogP contribution in [0.1, 0.15) is 5.56 Å². The molecule has 0 N–H and O–H groups in total. The molecule has 0 bridgehead atoms. The minimum Gasteiger partial charge on any atom is -0.493 e. The fourth-order valence-electron chi connectivity index (χ4n) is 2.10. The largest absolute Gasteiger partial charge is 0.493 e. The Kier molecular flexibility index (Phi) is 6.83. The molecule has 0 aliphatic heterocycles. The molecule has 2 aromatic rings. The Bertz CT molecular complexity index is 742. The molecule has 132 valence electrons. The second-order valence-electron chi connectivity index (χ2n) is 4.86. The summed E-state index contributed by atoms with van der Waals surface area (Å²) < 4.78 is 34.0. The number of halogens is 1. The lowest BCUT2D eigenvalue weighted by molar-refractivity contribution is -0.138. The molecule has 5 nitrogen and oxygen atoms in total. The van der Waals surface area contributed by atoms with Gasteiger partial charge in [-0.05, 0) is 24.3 Å². The summed E-state index contributed by atoms with van der Waals surface area (Å²) in [5.74, 6) is 0.212. The zero-order valence-electron chi connectivity index (χ0n) is 14.0. The van der Waals surface area contributed by atoms with Gasteiger partial charge in [-0.3, -0.25) is 0 Å². The average Bonchev–Trinajstić information content (AvgIpc) is 2.64. The van der Waals surface area contributed by atoms with E-state index in [9.17, 15) is 9.18 Å². The summed E-state index contributed by atoms with van der Waals surface area (Å²) >= 11 is 0. The van der Waals surface area contributed by atoms with Gasteiger partial charge in [0, 0.05) is 11.6 Å². The third-order valence-corrected chi connectivity index (χ3v) is 3.25. The first-order chi connectivity index (χ1) is 12.2. The third kappa shape index (κ3) is 5.24. The molecule has 0 radical (unpaired) electrons. The van der Waals surface area contributed by atoms with Crippen molar-refractivity contribution < 1.29 is 28.1 Å². The molecule has 0 heterocycles. The molecule has 0 aliphatic rings. The molecule has 0 amide bonds. The van der Waals surface area contributed by atoms with Crippen LogP contribution in [-0.2, 0) is 9.53 Å².